The molecule has 0 aliphatic rings. The Morgan fingerprint density at radius 2 is 2.47 bits per heavy atom. The molecule has 1 heterocycles. The van der Waals surface area contributed by atoms with Crippen LogP contribution in [-0.2, 0) is 9.53 Å². The van der Waals surface area contributed by atoms with E-state index in [1.54, 1.807) is 0 Å². The minimum absolute atomic E-state index is 0.232. The lowest BCUT2D eigenvalue weighted by Crippen LogP contribution is -2.14. The quantitative estimate of drug-likeness (QED) is 0.783. The number of aromatic amines is 1. The van der Waals surface area contributed by atoms with Gasteiger partial charge in [-0.15, -0.1) is 0 Å². The van der Waals surface area contributed by atoms with Crippen LogP contribution in [0.2, 0.25) is 0 Å². The molecular formula is C8H10BrN3O3. The zero-order chi connectivity index (χ0) is 11.3. The van der Waals surface area contributed by atoms with E-state index in [1.807, 2.05) is 0 Å². The van der Waals surface area contributed by atoms with Gasteiger partial charge in [0.15, 0.2) is 0 Å². The average Bonchev–Trinajstić information content (AvgIpc) is 2.24. The van der Waals surface area contributed by atoms with Crippen LogP contribution in [0.1, 0.15) is 6.42 Å². The summed E-state index contributed by atoms with van der Waals surface area (Å²) >= 11 is 3.10. The first-order valence-electron chi connectivity index (χ1n) is 4.19. The number of nitrogens with one attached hydrogen (secondary N) is 2. The minimum Gasteiger partial charge on any atom is -0.469 e. The van der Waals surface area contributed by atoms with Gasteiger partial charge in [0.25, 0.3) is 5.56 Å². The predicted octanol–water partition coefficient (Wildman–Crippen LogP) is 0.507. The standard InChI is InChI=1S/C8H10BrN3O3/c1-15-6(13)2-3-10-5-4-11-12-8(14)7(5)9/h4H,2-3H2,1H3,(H2,10,12,14). The van der Waals surface area contributed by atoms with E-state index in [0.717, 1.165) is 0 Å². The molecule has 0 aromatic carbocycles. The van der Waals surface area contributed by atoms with Gasteiger partial charge in [0.1, 0.15) is 4.47 Å². The number of aromatic nitrogens is 2. The van der Waals surface area contributed by atoms with Crippen LogP contribution in [0.25, 0.3) is 0 Å². The number of H-pyrrole nitrogens is 1. The van der Waals surface area contributed by atoms with Crippen molar-refractivity contribution in [3.05, 3.63) is 21.0 Å². The fourth-order valence-corrected chi connectivity index (χ4v) is 1.24. The first-order chi connectivity index (χ1) is 7.15. The third kappa shape index (κ3) is 3.35. The van der Waals surface area contributed by atoms with Crippen molar-refractivity contribution in [3.8, 4) is 0 Å². The Bertz CT molecular complexity index is 404. The van der Waals surface area contributed by atoms with Crippen LogP contribution >= 0.6 is 15.9 Å². The second-order valence-corrected chi connectivity index (χ2v) is 3.47. The lowest BCUT2D eigenvalue weighted by molar-refractivity contribution is -0.140. The maximum absolute atomic E-state index is 11.1. The molecular weight excluding hydrogens is 266 g/mol. The molecule has 15 heavy (non-hydrogen) atoms. The molecule has 0 fully saturated rings. The molecule has 0 aliphatic carbocycles. The van der Waals surface area contributed by atoms with E-state index in [2.05, 4.69) is 36.2 Å². The maximum Gasteiger partial charge on any atom is 0.307 e. The van der Waals surface area contributed by atoms with E-state index in [4.69, 9.17) is 0 Å². The van der Waals surface area contributed by atoms with Gasteiger partial charge in [-0.2, -0.15) is 5.10 Å². The molecule has 0 saturated carbocycles. The highest BCUT2D eigenvalue weighted by Crippen LogP contribution is 2.14. The summed E-state index contributed by atoms with van der Waals surface area (Å²) in [6, 6.07) is 0. The second-order valence-electron chi connectivity index (χ2n) is 2.68. The summed E-state index contributed by atoms with van der Waals surface area (Å²) in [6.07, 6.45) is 1.69. The number of carbonyl (C=O) groups is 1. The van der Waals surface area contributed by atoms with E-state index in [-0.39, 0.29) is 17.9 Å². The lowest BCUT2D eigenvalue weighted by Gasteiger charge is -2.05. The number of carbonyl (C=O) groups excluding carboxylic acids is 1. The fraction of sp³-hybridized carbons (Fsp3) is 0.375. The first-order valence-corrected chi connectivity index (χ1v) is 4.98. The van der Waals surface area contributed by atoms with Crippen LogP contribution in [0.5, 0.6) is 0 Å². The second kappa shape index (κ2) is 5.50. The van der Waals surface area contributed by atoms with Gasteiger partial charge in [-0.3, -0.25) is 9.59 Å². The van der Waals surface area contributed by atoms with E-state index >= 15 is 0 Å². The topological polar surface area (TPSA) is 84.1 Å². The molecule has 2 N–H and O–H groups in total. The Morgan fingerprint density at radius 3 is 3.13 bits per heavy atom. The molecule has 0 atom stereocenters. The molecule has 1 aromatic heterocycles. The molecule has 6 nitrogen and oxygen atoms in total. The zero-order valence-electron chi connectivity index (χ0n) is 8.04. The minimum atomic E-state index is -0.321. The first kappa shape index (κ1) is 11.7. The van der Waals surface area contributed by atoms with Crippen LogP contribution in [0.3, 0.4) is 0 Å². The predicted molar refractivity (Wildman–Crippen MR) is 57.7 cm³/mol. The van der Waals surface area contributed by atoms with Crippen LogP contribution in [-0.4, -0.2) is 29.8 Å². The fourth-order valence-electron chi connectivity index (χ4n) is 0.908. The van der Waals surface area contributed by atoms with Crippen molar-refractivity contribution in [2.45, 2.75) is 6.42 Å². The Hall–Kier alpha value is -1.37. The molecule has 0 unspecified atom stereocenters. The normalized spacial score (nSPS) is 9.73. The lowest BCUT2D eigenvalue weighted by atomic mass is 10.4. The molecule has 82 valence electrons. The van der Waals surface area contributed by atoms with Crippen LogP contribution in [0.4, 0.5) is 5.69 Å². The largest absolute Gasteiger partial charge is 0.469 e. The zero-order valence-corrected chi connectivity index (χ0v) is 9.63. The molecule has 0 bridgehead atoms. The SMILES string of the molecule is COC(=O)CCNc1cn[nH]c(=O)c1Br. The summed E-state index contributed by atoms with van der Waals surface area (Å²) in [6.45, 7) is 0.385. The van der Waals surface area contributed by atoms with Crippen molar-refractivity contribution in [3.63, 3.8) is 0 Å². The number of methoxy groups -OCH3 is 1. The summed E-state index contributed by atoms with van der Waals surface area (Å²) in [7, 11) is 1.33. The molecule has 0 aliphatic heterocycles. The van der Waals surface area contributed by atoms with E-state index in [9.17, 15) is 9.59 Å². The van der Waals surface area contributed by atoms with E-state index in [0.29, 0.717) is 16.7 Å². The highest BCUT2D eigenvalue weighted by molar-refractivity contribution is 9.10. The van der Waals surface area contributed by atoms with Crippen LogP contribution < -0.4 is 10.9 Å². The molecule has 1 aromatic rings. The molecule has 0 amide bonds. The van der Waals surface area contributed by atoms with E-state index in [1.165, 1.54) is 13.3 Å². The summed E-state index contributed by atoms with van der Waals surface area (Å²) in [5.74, 6) is -0.309. The van der Waals surface area contributed by atoms with Gasteiger partial charge in [0.05, 0.1) is 25.4 Å². The molecule has 7 heteroatoms. The van der Waals surface area contributed by atoms with Gasteiger partial charge in [0.2, 0.25) is 0 Å². The van der Waals surface area contributed by atoms with Crippen molar-refractivity contribution >= 4 is 27.6 Å². The summed E-state index contributed by atoms with van der Waals surface area (Å²) in [5, 5.41) is 8.77. The molecule has 1 rings (SSSR count). The highest BCUT2D eigenvalue weighted by atomic mass is 79.9. The molecule has 0 spiro atoms. The highest BCUT2D eigenvalue weighted by Gasteiger charge is 2.04. The van der Waals surface area contributed by atoms with Crippen molar-refractivity contribution in [2.75, 3.05) is 19.0 Å². The van der Waals surface area contributed by atoms with Gasteiger partial charge < -0.3 is 10.1 Å². The van der Waals surface area contributed by atoms with Crippen molar-refractivity contribution < 1.29 is 9.53 Å². The smallest absolute Gasteiger partial charge is 0.307 e. The van der Waals surface area contributed by atoms with Crippen LogP contribution in [0.15, 0.2) is 15.5 Å². The number of nitrogens with zero attached hydrogens (tertiary/aromatic N) is 1. The number of anilines is 1. The van der Waals surface area contributed by atoms with Crippen molar-refractivity contribution in [2.24, 2.45) is 0 Å². The molecule has 0 radical (unpaired) electrons. The van der Waals surface area contributed by atoms with Crippen molar-refractivity contribution in [1.29, 1.82) is 0 Å². The number of ether oxygens (including phenoxy) is 1. The maximum atomic E-state index is 11.1. The third-order valence-corrected chi connectivity index (χ3v) is 2.46. The number of hydrogen-bond acceptors (Lipinski definition) is 5. The van der Waals surface area contributed by atoms with E-state index < -0.39 is 0 Å². The third-order valence-electron chi connectivity index (χ3n) is 1.67. The number of halogens is 1. The summed E-state index contributed by atoms with van der Waals surface area (Å²) in [4.78, 5) is 21.9. The Morgan fingerprint density at radius 1 is 1.73 bits per heavy atom. The van der Waals surface area contributed by atoms with Crippen molar-refractivity contribution in [1.82, 2.24) is 10.2 Å². The monoisotopic (exact) mass is 275 g/mol. The number of esters is 1. The summed E-state index contributed by atoms with van der Waals surface area (Å²) in [5.41, 5.74) is 0.223. The Balaban J connectivity index is 2.55. The number of rotatable bonds is 4. The van der Waals surface area contributed by atoms with Crippen LogP contribution in [0, 0.1) is 0 Å². The van der Waals surface area contributed by atoms with Gasteiger partial charge in [0, 0.05) is 6.54 Å². The molecule has 0 saturated heterocycles. The Labute approximate surface area is 94.2 Å². The summed E-state index contributed by atoms with van der Waals surface area (Å²) < 4.78 is 4.83. The van der Waals surface area contributed by atoms with Gasteiger partial charge >= 0.3 is 5.97 Å². The van der Waals surface area contributed by atoms with Gasteiger partial charge in [-0.05, 0) is 15.9 Å². The van der Waals surface area contributed by atoms with Gasteiger partial charge in [-0.1, -0.05) is 0 Å². The number of hydrogen-bond donors (Lipinski definition) is 2. The average molecular weight is 276 g/mol. The Kier molecular flexibility index (Phi) is 4.29. The van der Waals surface area contributed by atoms with Gasteiger partial charge in [-0.25, -0.2) is 5.10 Å².